The number of Topliss-reactive ketones (excluding diaryl/α,β-unsaturated/α-hetero) is 1. The molecule has 20 heavy (non-hydrogen) atoms. The molecular formula is C16H17NO2S. The molecular weight excluding hydrogens is 270 g/mol. The van der Waals surface area contributed by atoms with E-state index in [-0.39, 0.29) is 11.9 Å². The number of carbonyl (C=O) groups is 1. The fraction of sp³-hybridized carbons (Fsp3) is 0.375. The molecule has 1 aliphatic carbocycles. The zero-order chi connectivity index (χ0) is 14.1. The number of aryl methyl sites for hydroxylation is 1. The van der Waals surface area contributed by atoms with Crippen LogP contribution in [0.1, 0.15) is 42.1 Å². The van der Waals surface area contributed by atoms with Gasteiger partial charge in [0.05, 0.1) is 6.10 Å². The molecule has 1 aromatic heterocycles. The molecule has 0 unspecified atom stereocenters. The van der Waals surface area contributed by atoms with Gasteiger partial charge in [0.15, 0.2) is 5.78 Å². The van der Waals surface area contributed by atoms with Crippen LogP contribution >= 0.6 is 11.3 Å². The lowest BCUT2D eigenvalue weighted by atomic mass is 10.0. The summed E-state index contributed by atoms with van der Waals surface area (Å²) in [4.78, 5) is 17.5. The molecule has 0 N–H and O–H groups in total. The Hall–Kier alpha value is -1.68. The van der Waals surface area contributed by atoms with Crippen molar-refractivity contribution in [1.82, 2.24) is 4.98 Å². The largest absolute Gasteiger partial charge is 0.491 e. The first-order valence-electron chi connectivity index (χ1n) is 6.93. The molecule has 3 nitrogen and oxygen atoms in total. The van der Waals surface area contributed by atoms with Crippen molar-refractivity contribution in [2.24, 2.45) is 0 Å². The van der Waals surface area contributed by atoms with Gasteiger partial charge in [-0.2, -0.15) is 0 Å². The summed E-state index contributed by atoms with van der Waals surface area (Å²) in [6, 6.07) is 7.92. The van der Waals surface area contributed by atoms with Gasteiger partial charge in [-0.3, -0.25) is 4.79 Å². The summed E-state index contributed by atoms with van der Waals surface area (Å²) in [7, 11) is 0. The lowest BCUT2D eigenvalue weighted by molar-refractivity contribution is 0.0968. The van der Waals surface area contributed by atoms with Gasteiger partial charge in [0, 0.05) is 16.9 Å². The maximum absolute atomic E-state index is 11.9. The number of hydrogen-bond acceptors (Lipinski definition) is 4. The van der Waals surface area contributed by atoms with E-state index >= 15 is 0 Å². The van der Waals surface area contributed by atoms with Crippen LogP contribution in [-0.2, 0) is 6.42 Å². The molecule has 1 aliphatic rings. The number of ketones is 1. The van der Waals surface area contributed by atoms with Crippen molar-refractivity contribution < 1.29 is 9.53 Å². The number of nitrogens with zero attached hydrogens (tertiary/aromatic N) is 1. The van der Waals surface area contributed by atoms with Crippen LogP contribution in [0.25, 0.3) is 10.6 Å². The number of ether oxygens (including phenoxy) is 1. The van der Waals surface area contributed by atoms with E-state index in [0.717, 1.165) is 34.0 Å². The predicted molar refractivity (Wildman–Crippen MR) is 80.6 cm³/mol. The summed E-state index contributed by atoms with van der Waals surface area (Å²) < 4.78 is 5.71. The Bertz CT molecular complexity index is 646. The third-order valence-corrected chi connectivity index (χ3v) is 4.39. The highest BCUT2D eigenvalue weighted by Crippen LogP contribution is 2.33. The molecule has 1 heterocycles. The normalized spacial score (nSPS) is 14.4. The van der Waals surface area contributed by atoms with Crippen LogP contribution in [0.4, 0.5) is 0 Å². The maximum atomic E-state index is 11.9. The van der Waals surface area contributed by atoms with Crippen molar-refractivity contribution in [3.63, 3.8) is 0 Å². The van der Waals surface area contributed by atoms with E-state index in [1.54, 1.807) is 11.3 Å². The summed E-state index contributed by atoms with van der Waals surface area (Å²) in [5.74, 6) is 1.03. The first-order chi connectivity index (χ1) is 9.63. The number of carbonyl (C=O) groups excluding carboxylic acids is 1. The molecule has 2 aromatic rings. The average Bonchev–Trinajstić information content (AvgIpc) is 2.84. The van der Waals surface area contributed by atoms with Gasteiger partial charge in [0.1, 0.15) is 16.5 Å². The SMILES string of the molecule is CC(C)Oc1cccc(-c2nc3c(s2)CCCC3=O)c1. The number of aromatic nitrogens is 1. The van der Waals surface area contributed by atoms with Gasteiger partial charge in [-0.1, -0.05) is 12.1 Å². The number of benzene rings is 1. The topological polar surface area (TPSA) is 39.2 Å². The summed E-state index contributed by atoms with van der Waals surface area (Å²) in [5, 5.41) is 0.916. The van der Waals surface area contributed by atoms with Crippen molar-refractivity contribution in [1.29, 1.82) is 0 Å². The molecule has 3 rings (SSSR count). The van der Waals surface area contributed by atoms with Crippen LogP contribution in [0.15, 0.2) is 24.3 Å². The summed E-state index contributed by atoms with van der Waals surface area (Å²) >= 11 is 1.63. The zero-order valence-corrected chi connectivity index (χ0v) is 12.5. The molecule has 0 saturated heterocycles. The van der Waals surface area contributed by atoms with Crippen LogP contribution in [0.2, 0.25) is 0 Å². The summed E-state index contributed by atoms with van der Waals surface area (Å²) in [6.07, 6.45) is 2.70. The molecule has 0 atom stereocenters. The van der Waals surface area contributed by atoms with E-state index in [2.05, 4.69) is 4.98 Å². The summed E-state index contributed by atoms with van der Waals surface area (Å²) in [5.41, 5.74) is 1.71. The van der Waals surface area contributed by atoms with Crippen LogP contribution < -0.4 is 4.74 Å². The second kappa shape index (κ2) is 5.37. The molecule has 0 fully saturated rings. The van der Waals surface area contributed by atoms with Crippen LogP contribution in [0.5, 0.6) is 5.75 Å². The smallest absolute Gasteiger partial charge is 0.182 e. The van der Waals surface area contributed by atoms with Crippen LogP contribution in [0.3, 0.4) is 0 Å². The van der Waals surface area contributed by atoms with Crippen molar-refractivity contribution in [3.05, 3.63) is 34.8 Å². The van der Waals surface area contributed by atoms with Gasteiger partial charge in [0.2, 0.25) is 0 Å². The maximum Gasteiger partial charge on any atom is 0.182 e. The predicted octanol–water partition coefficient (Wildman–Crippen LogP) is 4.12. The molecule has 4 heteroatoms. The third-order valence-electron chi connectivity index (χ3n) is 3.22. The Morgan fingerprint density at radius 1 is 1.30 bits per heavy atom. The lowest BCUT2D eigenvalue weighted by Crippen LogP contribution is -2.08. The average molecular weight is 287 g/mol. The quantitative estimate of drug-likeness (QED) is 0.852. The minimum atomic E-state index is 0.149. The fourth-order valence-electron chi connectivity index (χ4n) is 2.37. The van der Waals surface area contributed by atoms with E-state index < -0.39 is 0 Å². The molecule has 104 valence electrons. The van der Waals surface area contributed by atoms with E-state index in [4.69, 9.17) is 4.74 Å². The molecule has 0 radical (unpaired) electrons. The molecule has 0 aliphatic heterocycles. The minimum Gasteiger partial charge on any atom is -0.491 e. The van der Waals surface area contributed by atoms with Crippen molar-refractivity contribution in [2.45, 2.75) is 39.2 Å². The monoisotopic (exact) mass is 287 g/mol. The van der Waals surface area contributed by atoms with E-state index in [0.29, 0.717) is 12.1 Å². The number of hydrogen-bond donors (Lipinski definition) is 0. The van der Waals surface area contributed by atoms with Crippen molar-refractivity contribution in [3.8, 4) is 16.3 Å². The lowest BCUT2D eigenvalue weighted by Gasteiger charge is -2.09. The second-order valence-corrected chi connectivity index (χ2v) is 6.35. The Morgan fingerprint density at radius 3 is 2.90 bits per heavy atom. The first-order valence-corrected chi connectivity index (χ1v) is 7.75. The molecule has 0 saturated carbocycles. The first kappa shape index (κ1) is 13.3. The molecule has 0 bridgehead atoms. The molecule has 1 aromatic carbocycles. The fourth-order valence-corrected chi connectivity index (χ4v) is 3.48. The molecule has 0 spiro atoms. The Balaban J connectivity index is 1.95. The van der Waals surface area contributed by atoms with E-state index in [1.165, 1.54) is 0 Å². The summed E-state index contributed by atoms with van der Waals surface area (Å²) in [6.45, 7) is 4.01. The van der Waals surface area contributed by atoms with Gasteiger partial charge < -0.3 is 4.74 Å². The Morgan fingerprint density at radius 2 is 2.15 bits per heavy atom. The van der Waals surface area contributed by atoms with Crippen molar-refractivity contribution in [2.75, 3.05) is 0 Å². The van der Waals surface area contributed by atoms with Gasteiger partial charge in [0.25, 0.3) is 0 Å². The van der Waals surface area contributed by atoms with Crippen LogP contribution in [-0.4, -0.2) is 16.9 Å². The number of fused-ring (bicyclic) bond motifs is 1. The van der Waals surface area contributed by atoms with Gasteiger partial charge in [-0.05, 0) is 38.8 Å². The minimum absolute atomic E-state index is 0.149. The number of thiazole rings is 1. The van der Waals surface area contributed by atoms with Gasteiger partial charge in [-0.25, -0.2) is 4.98 Å². The van der Waals surface area contributed by atoms with E-state index in [1.807, 2.05) is 38.1 Å². The second-order valence-electron chi connectivity index (χ2n) is 5.26. The Kier molecular flexibility index (Phi) is 3.57. The number of rotatable bonds is 3. The van der Waals surface area contributed by atoms with Crippen molar-refractivity contribution >= 4 is 17.1 Å². The highest BCUT2D eigenvalue weighted by Gasteiger charge is 2.22. The Labute approximate surface area is 122 Å². The zero-order valence-electron chi connectivity index (χ0n) is 11.7. The van der Waals surface area contributed by atoms with Gasteiger partial charge in [-0.15, -0.1) is 11.3 Å². The van der Waals surface area contributed by atoms with Crippen LogP contribution in [0, 0.1) is 0 Å². The van der Waals surface area contributed by atoms with E-state index in [9.17, 15) is 4.79 Å². The highest BCUT2D eigenvalue weighted by atomic mass is 32.1. The molecule has 0 amide bonds. The standard InChI is InChI=1S/C16H17NO2S/c1-10(2)19-12-6-3-5-11(9-12)16-17-15-13(18)7-4-8-14(15)20-16/h3,5-6,9-10H,4,7-8H2,1-2H3. The third kappa shape index (κ3) is 2.61. The highest BCUT2D eigenvalue weighted by molar-refractivity contribution is 7.15. The van der Waals surface area contributed by atoms with Gasteiger partial charge >= 0.3 is 0 Å².